The molecule has 0 aliphatic heterocycles. The van der Waals surface area contributed by atoms with E-state index in [2.05, 4.69) is 16.0 Å². The Morgan fingerprint density at radius 1 is 1.00 bits per heavy atom. The van der Waals surface area contributed by atoms with Gasteiger partial charge < -0.3 is 21.7 Å². The Bertz CT molecular complexity index is 718. The second kappa shape index (κ2) is 8.84. The number of benzene rings is 2. The van der Waals surface area contributed by atoms with Crippen LogP contribution in [0.25, 0.3) is 0 Å². The highest BCUT2D eigenvalue weighted by Gasteiger charge is 2.22. The van der Waals surface area contributed by atoms with Crippen LogP contribution >= 0.6 is 0 Å². The van der Waals surface area contributed by atoms with Crippen LogP contribution in [0.5, 0.6) is 0 Å². The summed E-state index contributed by atoms with van der Waals surface area (Å²) in [5.74, 6) is -0.575. The first-order chi connectivity index (χ1) is 12.0. The monoisotopic (exact) mass is 340 g/mol. The maximum Gasteiger partial charge on any atom is 0.319 e. The predicted molar refractivity (Wildman–Crippen MR) is 100 cm³/mol. The molecule has 0 saturated carbocycles. The van der Waals surface area contributed by atoms with E-state index >= 15 is 0 Å². The topological polar surface area (TPSA) is 96.2 Å². The van der Waals surface area contributed by atoms with Crippen LogP contribution < -0.4 is 21.7 Å². The third kappa shape index (κ3) is 5.32. The zero-order valence-corrected chi connectivity index (χ0v) is 14.5. The number of hydrogen-bond donors (Lipinski definition) is 4. The first-order valence-electron chi connectivity index (χ1n) is 8.27. The summed E-state index contributed by atoms with van der Waals surface area (Å²) in [5.41, 5.74) is 8.31. The molecule has 0 aliphatic carbocycles. The first-order valence-corrected chi connectivity index (χ1v) is 8.27. The van der Waals surface area contributed by atoms with E-state index in [1.54, 1.807) is 31.2 Å². The van der Waals surface area contributed by atoms with E-state index in [1.165, 1.54) is 0 Å². The van der Waals surface area contributed by atoms with Crippen LogP contribution in [-0.2, 0) is 4.79 Å². The average molecular weight is 340 g/mol. The molecule has 2 atom stereocenters. The summed E-state index contributed by atoms with van der Waals surface area (Å²) in [5, 5.41) is 8.21. The zero-order chi connectivity index (χ0) is 18.2. The molecule has 2 aromatic rings. The van der Waals surface area contributed by atoms with Crippen LogP contribution in [0.1, 0.15) is 25.5 Å². The fourth-order valence-electron chi connectivity index (χ4n) is 2.39. The van der Waals surface area contributed by atoms with E-state index in [0.717, 1.165) is 5.56 Å². The summed E-state index contributed by atoms with van der Waals surface area (Å²) in [6.45, 7) is 4.18. The van der Waals surface area contributed by atoms with E-state index in [1.807, 2.05) is 37.3 Å². The van der Waals surface area contributed by atoms with Crippen molar-refractivity contribution in [2.45, 2.75) is 19.9 Å². The van der Waals surface area contributed by atoms with E-state index in [0.29, 0.717) is 17.9 Å². The molecule has 2 rings (SSSR count). The number of nitrogens with two attached hydrogens (primary N) is 1. The molecule has 0 radical (unpaired) electrons. The number of amides is 3. The van der Waals surface area contributed by atoms with Crippen LogP contribution in [0.15, 0.2) is 54.6 Å². The maximum absolute atomic E-state index is 12.5. The van der Waals surface area contributed by atoms with Crippen LogP contribution in [-0.4, -0.2) is 18.5 Å². The highest BCUT2D eigenvalue weighted by atomic mass is 16.2. The largest absolute Gasteiger partial charge is 0.338 e. The Hall–Kier alpha value is -2.86. The van der Waals surface area contributed by atoms with Crippen molar-refractivity contribution >= 4 is 23.3 Å². The van der Waals surface area contributed by atoms with Gasteiger partial charge in [-0.2, -0.15) is 0 Å². The van der Waals surface area contributed by atoms with Gasteiger partial charge in [-0.05, 0) is 30.7 Å². The van der Waals surface area contributed by atoms with E-state index in [9.17, 15) is 9.59 Å². The van der Waals surface area contributed by atoms with Gasteiger partial charge in [0.2, 0.25) is 5.91 Å². The second-order valence-corrected chi connectivity index (χ2v) is 5.78. The Kier molecular flexibility index (Phi) is 6.54. The number of urea groups is 1. The lowest BCUT2D eigenvalue weighted by atomic mass is 9.94. The molecular weight excluding hydrogens is 316 g/mol. The molecule has 0 heterocycles. The van der Waals surface area contributed by atoms with Gasteiger partial charge in [0.1, 0.15) is 0 Å². The van der Waals surface area contributed by atoms with Crippen LogP contribution in [0.4, 0.5) is 16.2 Å². The van der Waals surface area contributed by atoms with Crippen molar-refractivity contribution in [1.29, 1.82) is 0 Å². The van der Waals surface area contributed by atoms with Crippen LogP contribution in [0, 0.1) is 5.92 Å². The Morgan fingerprint density at radius 3 is 2.28 bits per heavy atom. The van der Waals surface area contributed by atoms with Crippen LogP contribution in [0.2, 0.25) is 0 Å². The van der Waals surface area contributed by atoms with Gasteiger partial charge in [-0.25, -0.2) is 4.79 Å². The van der Waals surface area contributed by atoms with E-state index in [-0.39, 0.29) is 11.9 Å². The molecule has 132 valence electrons. The third-order valence-corrected chi connectivity index (χ3v) is 3.86. The second-order valence-electron chi connectivity index (χ2n) is 5.78. The predicted octanol–water partition coefficient (Wildman–Crippen LogP) is 3.10. The third-order valence-electron chi connectivity index (χ3n) is 3.86. The van der Waals surface area contributed by atoms with E-state index in [4.69, 9.17) is 5.73 Å². The van der Waals surface area contributed by atoms with Crippen molar-refractivity contribution in [2.75, 3.05) is 17.2 Å². The molecule has 0 fully saturated rings. The first kappa shape index (κ1) is 18.5. The quantitative estimate of drug-likeness (QED) is 0.650. The van der Waals surface area contributed by atoms with Crippen molar-refractivity contribution in [3.05, 3.63) is 60.2 Å². The minimum Gasteiger partial charge on any atom is -0.338 e. The summed E-state index contributed by atoms with van der Waals surface area (Å²) >= 11 is 0. The molecule has 6 heteroatoms. The van der Waals surface area contributed by atoms with E-state index < -0.39 is 12.0 Å². The molecule has 0 spiro atoms. The Balaban J connectivity index is 2.01. The summed E-state index contributed by atoms with van der Waals surface area (Å²) in [4.78, 5) is 24.0. The molecule has 0 saturated heterocycles. The molecule has 3 amide bonds. The van der Waals surface area contributed by atoms with Gasteiger partial charge in [0.25, 0.3) is 0 Å². The highest BCUT2D eigenvalue weighted by molar-refractivity contribution is 5.94. The summed E-state index contributed by atoms with van der Waals surface area (Å²) in [6, 6.07) is 15.8. The Morgan fingerprint density at radius 2 is 1.64 bits per heavy atom. The molecule has 0 aliphatic rings. The van der Waals surface area contributed by atoms with Gasteiger partial charge in [-0.1, -0.05) is 43.3 Å². The summed E-state index contributed by atoms with van der Waals surface area (Å²) in [7, 11) is 0. The number of rotatable bonds is 6. The molecule has 5 N–H and O–H groups in total. The summed E-state index contributed by atoms with van der Waals surface area (Å²) < 4.78 is 0. The molecule has 6 nitrogen and oxygen atoms in total. The summed E-state index contributed by atoms with van der Waals surface area (Å²) in [6.07, 6.45) is 0. The van der Waals surface area contributed by atoms with Crippen molar-refractivity contribution < 1.29 is 9.59 Å². The lowest BCUT2D eigenvalue weighted by molar-refractivity contribution is -0.120. The van der Waals surface area contributed by atoms with Crippen molar-refractivity contribution in [3.8, 4) is 0 Å². The molecular formula is C19H24N4O2. The number of nitrogens with one attached hydrogen (secondary N) is 3. The number of carbonyl (C=O) groups excluding carboxylic acids is 2. The number of anilines is 2. The SMILES string of the molecule is CCNC(=O)Nc1cccc(NC(=O)C(C)C(N)c2ccccc2)c1. The highest BCUT2D eigenvalue weighted by Crippen LogP contribution is 2.22. The lowest BCUT2D eigenvalue weighted by Gasteiger charge is -2.20. The lowest BCUT2D eigenvalue weighted by Crippen LogP contribution is -2.30. The Labute approximate surface area is 147 Å². The van der Waals surface area contributed by atoms with Gasteiger partial charge in [-0.3, -0.25) is 4.79 Å². The normalized spacial score (nSPS) is 12.8. The molecule has 25 heavy (non-hydrogen) atoms. The maximum atomic E-state index is 12.5. The molecule has 2 unspecified atom stereocenters. The van der Waals surface area contributed by atoms with Gasteiger partial charge in [-0.15, -0.1) is 0 Å². The van der Waals surface area contributed by atoms with Gasteiger partial charge in [0.05, 0.1) is 5.92 Å². The van der Waals surface area contributed by atoms with Gasteiger partial charge >= 0.3 is 6.03 Å². The molecule has 0 bridgehead atoms. The number of carbonyl (C=O) groups is 2. The fourth-order valence-corrected chi connectivity index (χ4v) is 2.39. The van der Waals surface area contributed by atoms with Crippen molar-refractivity contribution in [1.82, 2.24) is 5.32 Å². The minimum atomic E-state index is -0.401. The zero-order valence-electron chi connectivity index (χ0n) is 14.5. The van der Waals surface area contributed by atoms with Crippen LogP contribution in [0.3, 0.4) is 0 Å². The molecule has 2 aromatic carbocycles. The smallest absolute Gasteiger partial charge is 0.319 e. The molecule has 0 aromatic heterocycles. The minimum absolute atomic E-state index is 0.175. The number of hydrogen-bond acceptors (Lipinski definition) is 3. The van der Waals surface area contributed by atoms with Gasteiger partial charge in [0, 0.05) is 24.0 Å². The fraction of sp³-hybridized carbons (Fsp3) is 0.263. The van der Waals surface area contributed by atoms with Crippen molar-refractivity contribution in [2.24, 2.45) is 11.7 Å². The van der Waals surface area contributed by atoms with Crippen molar-refractivity contribution in [3.63, 3.8) is 0 Å². The van der Waals surface area contributed by atoms with Gasteiger partial charge in [0.15, 0.2) is 0 Å². The standard InChI is InChI=1S/C19H24N4O2/c1-3-21-19(25)23-16-11-7-10-15(12-16)22-18(24)13(2)17(20)14-8-5-4-6-9-14/h4-13,17H,3,20H2,1-2H3,(H,22,24)(H2,21,23,25). The average Bonchev–Trinajstić information content (AvgIpc) is 2.61.